The summed E-state index contributed by atoms with van der Waals surface area (Å²) in [5.74, 6) is 0.569. The highest BCUT2D eigenvalue weighted by Crippen LogP contribution is 2.30. The van der Waals surface area contributed by atoms with Gasteiger partial charge < -0.3 is 0 Å². The molecule has 0 unspecified atom stereocenters. The summed E-state index contributed by atoms with van der Waals surface area (Å²) in [6, 6.07) is 16.0. The number of imidazole rings is 2. The molecule has 9 nitrogen and oxygen atoms in total. The number of pyridine rings is 1. The van der Waals surface area contributed by atoms with Gasteiger partial charge in [0.2, 0.25) is 10.0 Å². The van der Waals surface area contributed by atoms with Gasteiger partial charge in [0, 0.05) is 26.0 Å². The van der Waals surface area contributed by atoms with E-state index in [2.05, 4.69) is 9.71 Å². The molecule has 0 saturated heterocycles. The van der Waals surface area contributed by atoms with Gasteiger partial charge in [-0.05, 0) is 55.6 Å². The van der Waals surface area contributed by atoms with E-state index in [4.69, 9.17) is 4.98 Å². The lowest BCUT2D eigenvalue weighted by Gasteiger charge is -2.11. The molecule has 0 radical (unpaired) electrons. The lowest BCUT2D eigenvalue weighted by Crippen LogP contribution is -2.19. The molecule has 0 aliphatic heterocycles. The van der Waals surface area contributed by atoms with Gasteiger partial charge in [-0.1, -0.05) is 6.07 Å². The van der Waals surface area contributed by atoms with Crippen LogP contribution in [0.3, 0.4) is 0 Å². The fraction of sp³-hybridized carbons (Fsp3) is 0.136. The van der Waals surface area contributed by atoms with Crippen molar-refractivity contribution in [1.82, 2.24) is 28.4 Å². The van der Waals surface area contributed by atoms with E-state index in [9.17, 15) is 13.2 Å². The first-order chi connectivity index (χ1) is 15.3. The molecular weight excluding hydrogens is 428 g/mol. The molecule has 0 bridgehead atoms. The van der Waals surface area contributed by atoms with Gasteiger partial charge in [-0.25, -0.2) is 22.9 Å². The molecule has 0 saturated carbocycles. The van der Waals surface area contributed by atoms with Crippen LogP contribution in [0.25, 0.3) is 39.3 Å². The van der Waals surface area contributed by atoms with Crippen molar-refractivity contribution in [3.05, 3.63) is 71.3 Å². The number of fused-ring (bicyclic) bond motifs is 2. The van der Waals surface area contributed by atoms with E-state index in [0.717, 1.165) is 16.7 Å². The molecule has 0 aliphatic rings. The van der Waals surface area contributed by atoms with Gasteiger partial charge in [0.15, 0.2) is 5.82 Å². The molecule has 1 N–H and O–H groups in total. The van der Waals surface area contributed by atoms with E-state index in [1.54, 1.807) is 41.6 Å². The van der Waals surface area contributed by atoms with Gasteiger partial charge in [-0.15, -0.1) is 0 Å². The molecule has 32 heavy (non-hydrogen) atoms. The average molecular weight is 449 g/mol. The number of benzene rings is 2. The molecule has 0 spiro atoms. The lowest BCUT2D eigenvalue weighted by molar-refractivity contribution is 0.588. The first-order valence-corrected chi connectivity index (χ1v) is 11.3. The molecule has 10 heteroatoms. The van der Waals surface area contributed by atoms with Crippen molar-refractivity contribution < 1.29 is 8.42 Å². The number of rotatable bonds is 4. The number of hydrogen-bond acceptors (Lipinski definition) is 5. The van der Waals surface area contributed by atoms with E-state index in [1.165, 1.54) is 13.1 Å². The minimum Gasteiger partial charge on any atom is -0.295 e. The second-order valence-corrected chi connectivity index (χ2v) is 9.30. The summed E-state index contributed by atoms with van der Waals surface area (Å²) < 4.78 is 32.2. The second kappa shape index (κ2) is 7.14. The number of sulfonamides is 1. The Labute approximate surface area is 183 Å². The monoisotopic (exact) mass is 448 g/mol. The Kier molecular flexibility index (Phi) is 4.50. The highest BCUT2D eigenvalue weighted by atomic mass is 32.2. The summed E-state index contributed by atoms with van der Waals surface area (Å²) in [5.41, 5.74) is 4.04. The van der Waals surface area contributed by atoms with Gasteiger partial charge in [-0.2, -0.15) is 0 Å². The zero-order valence-corrected chi connectivity index (χ0v) is 18.5. The van der Waals surface area contributed by atoms with E-state index < -0.39 is 10.0 Å². The number of nitrogens with zero attached hydrogens (tertiary/aromatic N) is 5. The second-order valence-electron chi connectivity index (χ2n) is 7.42. The van der Waals surface area contributed by atoms with E-state index in [-0.39, 0.29) is 10.6 Å². The van der Waals surface area contributed by atoms with Crippen LogP contribution in [0, 0.1) is 0 Å². The molecule has 0 amide bonds. The Bertz CT molecular complexity index is 1660. The van der Waals surface area contributed by atoms with Crippen LogP contribution in [-0.4, -0.2) is 39.1 Å². The Hall–Kier alpha value is -3.76. The van der Waals surface area contributed by atoms with Gasteiger partial charge >= 0.3 is 5.69 Å². The van der Waals surface area contributed by atoms with Crippen LogP contribution in [0.4, 0.5) is 0 Å². The molecule has 2 aromatic carbocycles. The average Bonchev–Trinajstić information content (AvgIpc) is 3.30. The Morgan fingerprint density at radius 1 is 0.906 bits per heavy atom. The maximum atomic E-state index is 12.4. The number of aromatic nitrogens is 5. The molecule has 0 aliphatic carbocycles. The SMILES string of the molecule is CNS(=O)(=O)c1ccc2nc(-c3ccccn3)n(-c3ccc4c(c3)n(C)c(=O)n4C)c2c1. The minimum atomic E-state index is -3.64. The maximum absolute atomic E-state index is 12.4. The molecule has 0 atom stereocenters. The summed E-state index contributed by atoms with van der Waals surface area (Å²) in [6.45, 7) is 0. The Balaban J connectivity index is 1.87. The Morgan fingerprint density at radius 2 is 1.69 bits per heavy atom. The predicted molar refractivity (Wildman–Crippen MR) is 122 cm³/mol. The molecule has 0 fully saturated rings. The third-order valence-corrected chi connectivity index (χ3v) is 7.02. The molecule has 3 heterocycles. The molecule has 5 aromatic rings. The standard InChI is InChI=1S/C22H20N6O3S/c1-23-32(30,31)15-8-9-16-19(13-15)28(21(25-16)17-6-4-5-11-24-17)14-7-10-18-20(12-14)27(3)22(29)26(18)2/h4-13,23H,1-3H3. The number of hydrogen-bond donors (Lipinski definition) is 1. The predicted octanol–water partition coefficient (Wildman–Crippen LogP) is 2.19. The van der Waals surface area contributed by atoms with Crippen molar-refractivity contribution >= 4 is 32.1 Å². The highest BCUT2D eigenvalue weighted by molar-refractivity contribution is 7.89. The summed E-state index contributed by atoms with van der Waals surface area (Å²) >= 11 is 0. The smallest absolute Gasteiger partial charge is 0.295 e. The quantitative estimate of drug-likeness (QED) is 0.454. The Morgan fingerprint density at radius 3 is 2.41 bits per heavy atom. The van der Waals surface area contributed by atoms with Crippen LogP contribution < -0.4 is 10.4 Å². The first-order valence-electron chi connectivity index (χ1n) is 9.85. The normalized spacial score (nSPS) is 12.1. The molecule has 3 aromatic heterocycles. The zero-order chi connectivity index (χ0) is 22.6. The van der Waals surface area contributed by atoms with Crippen LogP contribution in [0.1, 0.15) is 0 Å². The minimum absolute atomic E-state index is 0.125. The van der Waals surface area contributed by atoms with E-state index >= 15 is 0 Å². The van der Waals surface area contributed by atoms with Crippen molar-refractivity contribution in [2.45, 2.75) is 4.90 Å². The zero-order valence-electron chi connectivity index (χ0n) is 17.6. The van der Waals surface area contributed by atoms with Crippen LogP contribution in [0.15, 0.2) is 70.5 Å². The summed E-state index contributed by atoms with van der Waals surface area (Å²) in [6.07, 6.45) is 1.68. The number of nitrogens with one attached hydrogen (secondary N) is 1. The summed E-state index contributed by atoms with van der Waals surface area (Å²) in [5, 5.41) is 0. The fourth-order valence-corrected chi connectivity index (χ4v) is 4.65. The first kappa shape index (κ1) is 20.2. The van der Waals surface area contributed by atoms with Crippen molar-refractivity contribution in [3.8, 4) is 17.2 Å². The van der Waals surface area contributed by atoms with Crippen molar-refractivity contribution in [1.29, 1.82) is 0 Å². The molecule has 5 rings (SSSR count). The lowest BCUT2D eigenvalue weighted by atomic mass is 10.2. The van der Waals surface area contributed by atoms with Gasteiger partial charge in [0.25, 0.3) is 0 Å². The summed E-state index contributed by atoms with van der Waals surface area (Å²) in [4.78, 5) is 21.7. The highest BCUT2D eigenvalue weighted by Gasteiger charge is 2.20. The van der Waals surface area contributed by atoms with Crippen molar-refractivity contribution in [3.63, 3.8) is 0 Å². The van der Waals surface area contributed by atoms with Crippen molar-refractivity contribution in [2.24, 2.45) is 14.1 Å². The third-order valence-electron chi connectivity index (χ3n) is 5.61. The van der Waals surface area contributed by atoms with Crippen LogP contribution in [-0.2, 0) is 24.1 Å². The van der Waals surface area contributed by atoms with Crippen LogP contribution in [0.2, 0.25) is 0 Å². The van der Waals surface area contributed by atoms with Gasteiger partial charge in [-0.3, -0.25) is 18.7 Å². The third kappa shape index (κ3) is 2.95. The molecular formula is C22H20N6O3S. The maximum Gasteiger partial charge on any atom is 0.328 e. The van der Waals surface area contributed by atoms with E-state index in [1.807, 2.05) is 41.0 Å². The van der Waals surface area contributed by atoms with Crippen molar-refractivity contribution in [2.75, 3.05) is 7.05 Å². The van der Waals surface area contributed by atoms with Crippen LogP contribution >= 0.6 is 0 Å². The largest absolute Gasteiger partial charge is 0.328 e. The van der Waals surface area contributed by atoms with Crippen LogP contribution in [0.5, 0.6) is 0 Å². The van der Waals surface area contributed by atoms with Gasteiger partial charge in [0.1, 0.15) is 5.69 Å². The topological polar surface area (TPSA) is 104 Å². The number of aryl methyl sites for hydroxylation is 2. The van der Waals surface area contributed by atoms with E-state index in [0.29, 0.717) is 22.6 Å². The fourth-order valence-electron chi connectivity index (χ4n) is 3.90. The van der Waals surface area contributed by atoms with Gasteiger partial charge in [0.05, 0.1) is 27.0 Å². The molecule has 162 valence electrons. The summed E-state index contributed by atoms with van der Waals surface area (Å²) in [7, 11) is 1.18.